The van der Waals surface area contributed by atoms with Crippen molar-refractivity contribution in [1.82, 2.24) is 10.3 Å². The summed E-state index contributed by atoms with van der Waals surface area (Å²) in [4.78, 5) is 4.61. The number of benzene rings is 1. The Hall–Kier alpha value is -1.19. The summed E-state index contributed by atoms with van der Waals surface area (Å²) in [6.07, 6.45) is 0. The molecule has 0 aliphatic rings. The first-order valence-electron chi connectivity index (χ1n) is 6.34. The van der Waals surface area contributed by atoms with Gasteiger partial charge in [0.1, 0.15) is 5.01 Å². The Morgan fingerprint density at radius 2 is 2.00 bits per heavy atom. The average Bonchev–Trinajstić information content (AvgIpc) is 2.76. The number of nitrogens with one attached hydrogen (secondary N) is 1. The van der Waals surface area contributed by atoms with E-state index in [9.17, 15) is 0 Å². The van der Waals surface area contributed by atoms with Crippen LogP contribution in [0.1, 0.15) is 40.4 Å². The SMILES string of the molecule is CCNC(c1ccc(C)c(C)c1)c1nc(C)cs1. The fourth-order valence-corrected chi connectivity index (χ4v) is 2.90. The van der Waals surface area contributed by atoms with E-state index >= 15 is 0 Å². The number of nitrogens with zero attached hydrogens (tertiary/aromatic N) is 1. The molecule has 96 valence electrons. The van der Waals surface area contributed by atoms with Crippen molar-refractivity contribution in [3.63, 3.8) is 0 Å². The van der Waals surface area contributed by atoms with Crippen molar-refractivity contribution in [2.24, 2.45) is 0 Å². The molecule has 1 N–H and O–H groups in total. The molecule has 2 nitrogen and oxygen atoms in total. The monoisotopic (exact) mass is 260 g/mol. The Labute approximate surface area is 113 Å². The van der Waals surface area contributed by atoms with Gasteiger partial charge in [-0.25, -0.2) is 4.98 Å². The molecule has 0 bridgehead atoms. The zero-order chi connectivity index (χ0) is 13.1. The minimum atomic E-state index is 0.216. The smallest absolute Gasteiger partial charge is 0.114 e. The van der Waals surface area contributed by atoms with Gasteiger partial charge < -0.3 is 5.32 Å². The standard InChI is InChI=1S/C15H20N2S/c1-5-16-14(15-17-12(4)9-18-15)13-7-6-10(2)11(3)8-13/h6-9,14,16H,5H2,1-4H3. The number of rotatable bonds is 4. The predicted octanol–water partition coefficient (Wildman–Crippen LogP) is 3.77. The molecule has 3 heteroatoms. The topological polar surface area (TPSA) is 24.9 Å². The van der Waals surface area contributed by atoms with Gasteiger partial charge in [-0.3, -0.25) is 0 Å². The third-order valence-corrected chi connectivity index (χ3v) is 4.18. The van der Waals surface area contributed by atoms with Gasteiger partial charge in [-0.05, 0) is 44.0 Å². The van der Waals surface area contributed by atoms with Crippen molar-refractivity contribution in [3.05, 3.63) is 51.0 Å². The molecule has 1 aromatic heterocycles. The lowest BCUT2D eigenvalue weighted by molar-refractivity contribution is 0.625. The molecule has 0 saturated carbocycles. The van der Waals surface area contributed by atoms with Crippen molar-refractivity contribution in [3.8, 4) is 0 Å². The molecular weight excluding hydrogens is 240 g/mol. The van der Waals surface area contributed by atoms with Gasteiger partial charge in [-0.2, -0.15) is 0 Å². The first-order chi connectivity index (χ1) is 8.61. The Morgan fingerprint density at radius 3 is 2.56 bits per heavy atom. The molecule has 0 amide bonds. The van der Waals surface area contributed by atoms with Crippen LogP contribution in [0.5, 0.6) is 0 Å². The van der Waals surface area contributed by atoms with Crippen LogP contribution in [-0.4, -0.2) is 11.5 Å². The Balaban J connectivity index is 2.37. The zero-order valence-electron chi connectivity index (χ0n) is 11.4. The molecule has 1 atom stereocenters. The van der Waals surface area contributed by atoms with Crippen LogP contribution in [-0.2, 0) is 0 Å². The van der Waals surface area contributed by atoms with Gasteiger partial charge in [0.2, 0.25) is 0 Å². The van der Waals surface area contributed by atoms with Crippen molar-refractivity contribution in [2.45, 2.75) is 33.7 Å². The van der Waals surface area contributed by atoms with Crippen LogP contribution in [0.4, 0.5) is 0 Å². The summed E-state index contributed by atoms with van der Waals surface area (Å²) in [6, 6.07) is 6.87. The van der Waals surface area contributed by atoms with Gasteiger partial charge in [0, 0.05) is 11.1 Å². The van der Waals surface area contributed by atoms with E-state index in [1.165, 1.54) is 16.7 Å². The van der Waals surface area contributed by atoms with Crippen LogP contribution >= 0.6 is 11.3 Å². The molecule has 2 rings (SSSR count). The van der Waals surface area contributed by atoms with Gasteiger partial charge in [-0.15, -0.1) is 11.3 Å². The van der Waals surface area contributed by atoms with E-state index in [1.54, 1.807) is 11.3 Å². The maximum Gasteiger partial charge on any atom is 0.114 e. The maximum absolute atomic E-state index is 4.61. The molecular formula is C15H20N2S. The molecule has 0 aliphatic heterocycles. The number of hydrogen-bond acceptors (Lipinski definition) is 3. The average molecular weight is 260 g/mol. The van der Waals surface area contributed by atoms with Gasteiger partial charge in [0.05, 0.1) is 6.04 Å². The van der Waals surface area contributed by atoms with E-state index in [2.05, 4.69) is 54.7 Å². The summed E-state index contributed by atoms with van der Waals surface area (Å²) in [5.41, 5.74) is 5.07. The molecule has 0 fully saturated rings. The number of aryl methyl sites for hydroxylation is 3. The number of hydrogen-bond donors (Lipinski definition) is 1. The van der Waals surface area contributed by atoms with E-state index in [0.29, 0.717) is 0 Å². The van der Waals surface area contributed by atoms with Crippen molar-refractivity contribution >= 4 is 11.3 Å². The summed E-state index contributed by atoms with van der Waals surface area (Å²) in [5, 5.41) is 6.79. The minimum Gasteiger partial charge on any atom is -0.305 e. The van der Waals surface area contributed by atoms with Crippen LogP contribution in [0.15, 0.2) is 23.6 Å². The van der Waals surface area contributed by atoms with Crippen LogP contribution in [0, 0.1) is 20.8 Å². The van der Waals surface area contributed by atoms with E-state index in [0.717, 1.165) is 17.2 Å². The Kier molecular flexibility index (Phi) is 4.15. The van der Waals surface area contributed by atoms with Gasteiger partial charge in [0.25, 0.3) is 0 Å². The lowest BCUT2D eigenvalue weighted by atomic mass is 10.0. The molecule has 0 saturated heterocycles. The molecule has 1 aromatic carbocycles. The first-order valence-corrected chi connectivity index (χ1v) is 7.22. The van der Waals surface area contributed by atoms with Crippen LogP contribution in [0.2, 0.25) is 0 Å². The molecule has 1 unspecified atom stereocenters. The maximum atomic E-state index is 4.61. The number of aromatic nitrogens is 1. The largest absolute Gasteiger partial charge is 0.305 e. The fraction of sp³-hybridized carbons (Fsp3) is 0.400. The van der Waals surface area contributed by atoms with E-state index in [4.69, 9.17) is 0 Å². The highest BCUT2D eigenvalue weighted by Gasteiger charge is 2.16. The van der Waals surface area contributed by atoms with Gasteiger partial charge in [0.15, 0.2) is 0 Å². The summed E-state index contributed by atoms with van der Waals surface area (Å²) in [7, 11) is 0. The zero-order valence-corrected chi connectivity index (χ0v) is 12.3. The lowest BCUT2D eigenvalue weighted by Crippen LogP contribution is -2.22. The van der Waals surface area contributed by atoms with Crippen LogP contribution < -0.4 is 5.32 Å². The quantitative estimate of drug-likeness (QED) is 0.905. The van der Waals surface area contributed by atoms with Crippen LogP contribution in [0.3, 0.4) is 0 Å². The molecule has 0 spiro atoms. The van der Waals surface area contributed by atoms with E-state index < -0.39 is 0 Å². The van der Waals surface area contributed by atoms with Crippen molar-refractivity contribution < 1.29 is 0 Å². The lowest BCUT2D eigenvalue weighted by Gasteiger charge is -2.17. The minimum absolute atomic E-state index is 0.216. The second-order valence-electron chi connectivity index (χ2n) is 4.66. The molecule has 0 aliphatic carbocycles. The summed E-state index contributed by atoms with van der Waals surface area (Å²) in [5.74, 6) is 0. The summed E-state index contributed by atoms with van der Waals surface area (Å²) >= 11 is 1.73. The second kappa shape index (κ2) is 5.63. The van der Waals surface area contributed by atoms with Crippen LogP contribution in [0.25, 0.3) is 0 Å². The highest BCUT2D eigenvalue weighted by molar-refractivity contribution is 7.09. The van der Waals surface area contributed by atoms with Crippen molar-refractivity contribution in [2.75, 3.05) is 6.54 Å². The third-order valence-electron chi connectivity index (χ3n) is 3.16. The fourth-order valence-electron chi connectivity index (χ4n) is 2.00. The highest BCUT2D eigenvalue weighted by atomic mass is 32.1. The van der Waals surface area contributed by atoms with E-state index in [-0.39, 0.29) is 6.04 Å². The highest BCUT2D eigenvalue weighted by Crippen LogP contribution is 2.26. The van der Waals surface area contributed by atoms with E-state index in [1.807, 2.05) is 6.92 Å². The predicted molar refractivity (Wildman–Crippen MR) is 78.3 cm³/mol. The Morgan fingerprint density at radius 1 is 1.22 bits per heavy atom. The van der Waals surface area contributed by atoms with Crippen molar-refractivity contribution in [1.29, 1.82) is 0 Å². The first kappa shape index (κ1) is 13.2. The molecule has 0 radical (unpaired) electrons. The summed E-state index contributed by atoms with van der Waals surface area (Å²) < 4.78 is 0. The molecule has 2 aromatic rings. The van der Waals surface area contributed by atoms with Gasteiger partial charge in [-0.1, -0.05) is 25.1 Å². The third kappa shape index (κ3) is 2.79. The molecule has 1 heterocycles. The second-order valence-corrected chi connectivity index (χ2v) is 5.55. The summed E-state index contributed by atoms with van der Waals surface area (Å²) in [6.45, 7) is 9.43. The molecule has 18 heavy (non-hydrogen) atoms. The van der Waals surface area contributed by atoms with Gasteiger partial charge >= 0.3 is 0 Å². The normalized spacial score (nSPS) is 12.7. The number of thiazole rings is 1. The Bertz CT molecular complexity index is 531.